The third-order valence-corrected chi connectivity index (χ3v) is 7.02. The first-order chi connectivity index (χ1) is 9.64. The van der Waals surface area contributed by atoms with Crippen LogP contribution in [0.25, 0.3) is 0 Å². The molecule has 20 heavy (non-hydrogen) atoms. The van der Waals surface area contributed by atoms with Crippen LogP contribution in [0.15, 0.2) is 21.7 Å². The molecule has 1 aromatic rings. The molecule has 114 valence electrons. The Morgan fingerprint density at radius 3 is 2.50 bits per heavy atom. The number of hydrogen-bond donors (Lipinski definition) is 0. The summed E-state index contributed by atoms with van der Waals surface area (Å²) in [5.41, 5.74) is 0. The lowest BCUT2D eigenvalue weighted by Gasteiger charge is -2.33. The molecule has 4 nitrogen and oxygen atoms in total. The summed E-state index contributed by atoms with van der Waals surface area (Å²) >= 11 is 1.30. The van der Waals surface area contributed by atoms with Crippen molar-refractivity contribution in [2.24, 2.45) is 0 Å². The van der Waals surface area contributed by atoms with Crippen LogP contribution in [0.4, 0.5) is 0 Å². The molecule has 1 fully saturated rings. The van der Waals surface area contributed by atoms with Crippen molar-refractivity contribution in [3.63, 3.8) is 0 Å². The standard InChI is InChI=1S/C14H24N2O2S2/c1-2-3-4-5-8-15-9-11-16(12-10-15)20(17,18)14-7-6-13-19-14/h6-7,13H,2-5,8-12H2,1H3. The van der Waals surface area contributed by atoms with Crippen LogP contribution < -0.4 is 0 Å². The molecule has 1 aliphatic rings. The number of hydrogen-bond acceptors (Lipinski definition) is 4. The van der Waals surface area contributed by atoms with Crippen molar-refractivity contribution in [1.82, 2.24) is 9.21 Å². The highest BCUT2D eigenvalue weighted by Gasteiger charge is 2.28. The second-order valence-electron chi connectivity index (χ2n) is 5.24. The minimum Gasteiger partial charge on any atom is -0.301 e. The summed E-state index contributed by atoms with van der Waals surface area (Å²) in [6, 6.07) is 3.48. The van der Waals surface area contributed by atoms with E-state index in [9.17, 15) is 8.42 Å². The highest BCUT2D eigenvalue weighted by molar-refractivity contribution is 7.91. The summed E-state index contributed by atoms with van der Waals surface area (Å²) in [5, 5.41) is 1.82. The molecule has 0 unspecified atom stereocenters. The van der Waals surface area contributed by atoms with Crippen LogP contribution >= 0.6 is 11.3 Å². The molecule has 1 aromatic heterocycles. The quantitative estimate of drug-likeness (QED) is 0.726. The average molecular weight is 316 g/mol. The first-order valence-electron chi connectivity index (χ1n) is 7.40. The van der Waals surface area contributed by atoms with Crippen LogP contribution in [0.3, 0.4) is 0 Å². The van der Waals surface area contributed by atoms with E-state index in [0.717, 1.165) is 19.6 Å². The maximum absolute atomic E-state index is 12.4. The fourth-order valence-corrected chi connectivity index (χ4v) is 5.06. The third-order valence-electron chi connectivity index (χ3n) is 3.75. The Morgan fingerprint density at radius 1 is 1.15 bits per heavy atom. The van der Waals surface area contributed by atoms with Crippen molar-refractivity contribution in [2.45, 2.75) is 36.8 Å². The van der Waals surface area contributed by atoms with Crippen LogP contribution in [0.2, 0.25) is 0 Å². The molecule has 0 bridgehead atoms. The Balaban J connectivity index is 1.79. The van der Waals surface area contributed by atoms with Crippen LogP contribution in [0.1, 0.15) is 32.6 Å². The Bertz CT molecular complexity index is 477. The van der Waals surface area contributed by atoms with Crippen LogP contribution in [0, 0.1) is 0 Å². The van der Waals surface area contributed by atoms with Crippen molar-refractivity contribution in [3.05, 3.63) is 17.5 Å². The lowest BCUT2D eigenvalue weighted by atomic mass is 10.2. The lowest BCUT2D eigenvalue weighted by Crippen LogP contribution is -2.48. The molecule has 0 spiro atoms. The maximum atomic E-state index is 12.4. The van der Waals surface area contributed by atoms with Gasteiger partial charge in [-0.25, -0.2) is 8.42 Å². The normalized spacial score (nSPS) is 18.4. The van der Waals surface area contributed by atoms with Gasteiger partial charge in [0, 0.05) is 26.2 Å². The average Bonchev–Trinajstić information content (AvgIpc) is 2.99. The maximum Gasteiger partial charge on any atom is 0.252 e. The van der Waals surface area contributed by atoms with Crippen molar-refractivity contribution in [1.29, 1.82) is 0 Å². The number of sulfonamides is 1. The predicted molar refractivity (Wildman–Crippen MR) is 83.7 cm³/mol. The van der Waals surface area contributed by atoms with E-state index in [2.05, 4.69) is 11.8 Å². The molecule has 0 N–H and O–H groups in total. The summed E-state index contributed by atoms with van der Waals surface area (Å²) in [6.45, 7) is 6.27. The zero-order chi connectivity index (χ0) is 14.4. The highest BCUT2D eigenvalue weighted by Crippen LogP contribution is 2.22. The zero-order valence-electron chi connectivity index (χ0n) is 12.1. The van der Waals surface area contributed by atoms with E-state index in [1.165, 1.54) is 37.0 Å². The van der Waals surface area contributed by atoms with Gasteiger partial charge in [-0.05, 0) is 24.4 Å². The van der Waals surface area contributed by atoms with Crippen molar-refractivity contribution in [3.8, 4) is 0 Å². The van der Waals surface area contributed by atoms with E-state index in [1.54, 1.807) is 16.4 Å². The number of nitrogens with zero attached hydrogens (tertiary/aromatic N) is 2. The van der Waals surface area contributed by atoms with Crippen LogP contribution in [0.5, 0.6) is 0 Å². The van der Waals surface area contributed by atoms with E-state index in [1.807, 2.05) is 5.38 Å². The second kappa shape index (κ2) is 7.54. The largest absolute Gasteiger partial charge is 0.301 e. The Kier molecular flexibility index (Phi) is 6.01. The topological polar surface area (TPSA) is 40.6 Å². The summed E-state index contributed by atoms with van der Waals surface area (Å²) in [4.78, 5) is 2.39. The third kappa shape index (κ3) is 4.04. The second-order valence-corrected chi connectivity index (χ2v) is 8.35. The van der Waals surface area contributed by atoms with Crippen molar-refractivity contribution >= 4 is 21.4 Å². The molecule has 2 heterocycles. The van der Waals surface area contributed by atoms with Gasteiger partial charge < -0.3 is 4.90 Å². The van der Waals surface area contributed by atoms with Gasteiger partial charge in [0.2, 0.25) is 0 Å². The highest BCUT2D eigenvalue weighted by atomic mass is 32.2. The zero-order valence-corrected chi connectivity index (χ0v) is 13.8. The van der Waals surface area contributed by atoms with Gasteiger partial charge in [0.15, 0.2) is 0 Å². The van der Waals surface area contributed by atoms with Crippen LogP contribution in [-0.2, 0) is 10.0 Å². The first-order valence-corrected chi connectivity index (χ1v) is 9.72. The minimum atomic E-state index is -3.25. The molecule has 0 atom stereocenters. The minimum absolute atomic E-state index is 0.467. The lowest BCUT2D eigenvalue weighted by molar-refractivity contribution is 0.185. The Labute approximate surface area is 126 Å². The fourth-order valence-electron chi connectivity index (χ4n) is 2.49. The van der Waals surface area contributed by atoms with E-state index in [4.69, 9.17) is 0 Å². The van der Waals surface area contributed by atoms with Crippen molar-refractivity contribution < 1.29 is 8.42 Å². The molecular weight excluding hydrogens is 292 g/mol. The molecule has 0 amide bonds. The van der Waals surface area contributed by atoms with Gasteiger partial charge in [0.25, 0.3) is 10.0 Å². The number of rotatable bonds is 7. The van der Waals surface area contributed by atoms with Gasteiger partial charge in [0.05, 0.1) is 0 Å². The SMILES string of the molecule is CCCCCCN1CCN(S(=O)(=O)c2cccs2)CC1. The predicted octanol–water partition coefficient (Wildman–Crippen LogP) is 2.63. The van der Waals surface area contributed by atoms with E-state index >= 15 is 0 Å². The van der Waals surface area contributed by atoms with Gasteiger partial charge in [0.1, 0.15) is 4.21 Å². The monoisotopic (exact) mass is 316 g/mol. The van der Waals surface area contributed by atoms with Gasteiger partial charge in [-0.15, -0.1) is 11.3 Å². The number of piperazine rings is 1. The van der Waals surface area contributed by atoms with Gasteiger partial charge >= 0.3 is 0 Å². The number of unbranched alkanes of at least 4 members (excludes halogenated alkanes) is 3. The van der Waals surface area contributed by atoms with Crippen molar-refractivity contribution in [2.75, 3.05) is 32.7 Å². The van der Waals surface area contributed by atoms with E-state index < -0.39 is 10.0 Å². The molecule has 1 saturated heterocycles. The van der Waals surface area contributed by atoms with Gasteiger partial charge in [-0.2, -0.15) is 4.31 Å². The Hall–Kier alpha value is -0.430. The molecule has 6 heteroatoms. The van der Waals surface area contributed by atoms with Gasteiger partial charge in [-0.1, -0.05) is 32.3 Å². The van der Waals surface area contributed by atoms with E-state index in [-0.39, 0.29) is 0 Å². The molecule has 0 saturated carbocycles. The van der Waals surface area contributed by atoms with E-state index in [0.29, 0.717) is 17.3 Å². The van der Waals surface area contributed by atoms with Crippen LogP contribution in [-0.4, -0.2) is 50.3 Å². The van der Waals surface area contributed by atoms with Gasteiger partial charge in [-0.3, -0.25) is 0 Å². The molecule has 0 radical (unpaired) electrons. The smallest absolute Gasteiger partial charge is 0.252 e. The Morgan fingerprint density at radius 2 is 1.90 bits per heavy atom. The molecular formula is C14H24N2O2S2. The summed E-state index contributed by atoms with van der Waals surface area (Å²) in [5.74, 6) is 0. The molecule has 2 rings (SSSR count). The molecule has 0 aliphatic carbocycles. The summed E-state index contributed by atoms with van der Waals surface area (Å²) in [7, 11) is -3.25. The molecule has 1 aliphatic heterocycles. The first kappa shape index (κ1) is 15.9. The number of thiophene rings is 1. The summed E-state index contributed by atoms with van der Waals surface area (Å²) in [6.07, 6.45) is 5.06. The summed E-state index contributed by atoms with van der Waals surface area (Å²) < 4.78 is 26.8. The fraction of sp³-hybridized carbons (Fsp3) is 0.714. The molecule has 0 aromatic carbocycles.